The third-order valence-corrected chi connectivity index (χ3v) is 13.5. The Morgan fingerprint density at radius 3 is 1.30 bits per heavy atom. The Hall–Kier alpha value is -8.74. The van der Waals surface area contributed by atoms with Crippen LogP contribution in [0, 0.1) is 28.6 Å². The lowest BCUT2D eigenvalue weighted by atomic mass is 9.58. The molecule has 12 heteroatoms. The lowest BCUT2D eigenvalue weighted by molar-refractivity contribution is -0.137. The van der Waals surface area contributed by atoms with Gasteiger partial charge in [-0.2, -0.15) is 10.5 Å². The molecule has 0 heterocycles. The Balaban J connectivity index is 1.18. The summed E-state index contributed by atoms with van der Waals surface area (Å²) in [7, 11) is 0. The van der Waals surface area contributed by atoms with Gasteiger partial charge in [-0.15, -0.1) is 0 Å². The normalized spacial score (nSPS) is 13.6. The number of benzene rings is 6. The summed E-state index contributed by atoms with van der Waals surface area (Å²) in [5, 5.41) is 38.4. The van der Waals surface area contributed by atoms with Crippen LogP contribution in [0.5, 0.6) is 11.5 Å². The maximum atomic E-state index is 13.5. The van der Waals surface area contributed by atoms with Gasteiger partial charge in [-0.05, 0) is 132 Å². The van der Waals surface area contributed by atoms with Crippen molar-refractivity contribution < 1.29 is 38.9 Å². The predicted molar refractivity (Wildman–Crippen MR) is 283 cm³/mol. The first-order valence-electron chi connectivity index (χ1n) is 24.6. The van der Waals surface area contributed by atoms with Gasteiger partial charge in [0.25, 0.3) is 0 Å². The van der Waals surface area contributed by atoms with Crippen molar-refractivity contribution in [3.63, 3.8) is 0 Å². The minimum atomic E-state index is -0.880. The fourth-order valence-electron chi connectivity index (χ4n) is 9.77. The van der Waals surface area contributed by atoms with E-state index in [4.69, 9.17) is 19.7 Å². The van der Waals surface area contributed by atoms with Crippen LogP contribution in [0.4, 0.5) is 11.4 Å². The zero-order valence-electron chi connectivity index (χ0n) is 41.1. The Kier molecular flexibility index (Phi) is 17.8. The van der Waals surface area contributed by atoms with E-state index in [0.29, 0.717) is 37.3 Å². The van der Waals surface area contributed by atoms with E-state index in [2.05, 4.69) is 36.4 Å². The minimum absolute atomic E-state index is 0.0000921. The monoisotopic (exact) mass is 974 g/mol. The van der Waals surface area contributed by atoms with Crippen LogP contribution < -0.4 is 19.3 Å². The van der Waals surface area contributed by atoms with Gasteiger partial charge < -0.3 is 29.5 Å². The number of nitrogens with zero attached hydrogens (tertiary/aromatic N) is 4. The quantitative estimate of drug-likeness (QED) is 0.0229. The standard InChI is InChI=1S/C61H58N4O8/c1-3-64(37-35-57(66)67)53-27-15-43(16-28-53)39-47(41-62)59(70)72-55-31-23-51(24-32-55)61(49-13-9-6-10-14-49,50-21-19-46(20-22-50)45-11-7-5-8-12-45)52-25-33-56(34-26-52)73-60(71)48(42-63)40-44-17-29-54(30-18-44)65(4-2)38-36-58(68)69/h5,7-8,11-12,15-34,39-40,49H,3-4,6,9-10,13-14,35-38H2,1-2H3,(H,66,67)(H,68,69). The Morgan fingerprint density at radius 2 is 0.932 bits per heavy atom. The van der Waals surface area contributed by atoms with Crippen molar-refractivity contribution >= 4 is 47.4 Å². The van der Waals surface area contributed by atoms with Gasteiger partial charge in [0.05, 0.1) is 12.8 Å². The molecule has 1 saturated carbocycles. The number of ether oxygens (including phenoxy) is 2. The molecule has 73 heavy (non-hydrogen) atoms. The molecule has 0 unspecified atom stereocenters. The van der Waals surface area contributed by atoms with Gasteiger partial charge in [0.2, 0.25) is 0 Å². The summed E-state index contributed by atoms with van der Waals surface area (Å²) >= 11 is 0. The van der Waals surface area contributed by atoms with Gasteiger partial charge in [0.1, 0.15) is 34.8 Å². The highest BCUT2D eigenvalue weighted by molar-refractivity contribution is 6.00. The highest BCUT2D eigenvalue weighted by atomic mass is 16.5. The number of carboxylic acid groups (broad SMARTS) is 2. The van der Waals surface area contributed by atoms with Crippen molar-refractivity contribution in [2.24, 2.45) is 5.92 Å². The van der Waals surface area contributed by atoms with Crippen LogP contribution in [-0.2, 0) is 24.6 Å². The van der Waals surface area contributed by atoms with Gasteiger partial charge in [-0.1, -0.05) is 122 Å². The molecule has 0 aromatic heterocycles. The van der Waals surface area contributed by atoms with Crippen molar-refractivity contribution in [1.82, 2.24) is 0 Å². The van der Waals surface area contributed by atoms with Crippen molar-refractivity contribution in [1.29, 1.82) is 10.5 Å². The van der Waals surface area contributed by atoms with Crippen LogP contribution >= 0.6 is 0 Å². The molecule has 6 aromatic carbocycles. The molecule has 0 spiro atoms. The maximum absolute atomic E-state index is 13.5. The minimum Gasteiger partial charge on any atom is -0.481 e. The van der Waals surface area contributed by atoms with E-state index in [0.717, 1.165) is 71.3 Å². The number of carboxylic acids is 2. The summed E-state index contributed by atoms with van der Waals surface area (Å²) in [5.41, 5.74) is 6.92. The Bertz CT molecular complexity index is 2850. The Labute approximate surface area is 426 Å². The third-order valence-electron chi connectivity index (χ3n) is 13.5. The summed E-state index contributed by atoms with van der Waals surface area (Å²) in [4.78, 5) is 53.2. The molecule has 0 amide bonds. The fraction of sp³-hybridized carbons (Fsp3) is 0.246. The number of carbonyl (C=O) groups excluding carboxylic acids is 2. The van der Waals surface area contributed by atoms with Crippen LogP contribution in [0.1, 0.15) is 86.6 Å². The van der Waals surface area contributed by atoms with E-state index < -0.39 is 29.3 Å². The first-order chi connectivity index (χ1) is 35.4. The number of anilines is 2. The molecular weight excluding hydrogens is 917 g/mol. The molecule has 0 aliphatic heterocycles. The zero-order valence-corrected chi connectivity index (χ0v) is 41.1. The number of esters is 2. The zero-order chi connectivity index (χ0) is 51.7. The lowest BCUT2D eigenvalue weighted by Crippen LogP contribution is -2.39. The van der Waals surface area contributed by atoms with Crippen molar-refractivity contribution in [3.05, 3.63) is 191 Å². The SMILES string of the molecule is CCN(CCC(=O)O)c1ccc(C=C(C#N)C(=O)Oc2ccc(C(c3ccc(OC(=O)C(C#N)=Cc4ccc(N(CC)CCC(=O)O)cc4)cc3)(c3ccc(-c4ccccc4)cc3)C3CCCCC3)cc2)cc1. The van der Waals surface area contributed by atoms with Crippen LogP contribution in [-0.4, -0.2) is 60.3 Å². The van der Waals surface area contributed by atoms with E-state index in [1.807, 2.05) is 103 Å². The average molecular weight is 975 g/mol. The molecule has 370 valence electrons. The number of nitriles is 2. The van der Waals surface area contributed by atoms with Gasteiger partial charge in [0.15, 0.2) is 0 Å². The van der Waals surface area contributed by atoms with Gasteiger partial charge in [-0.3, -0.25) is 9.59 Å². The van der Waals surface area contributed by atoms with Crippen LogP contribution in [0.25, 0.3) is 23.3 Å². The topological polar surface area (TPSA) is 181 Å². The van der Waals surface area contributed by atoms with E-state index in [-0.39, 0.29) is 41.4 Å². The molecule has 6 aromatic rings. The summed E-state index contributed by atoms with van der Waals surface area (Å²) in [6.45, 7) is 5.82. The largest absolute Gasteiger partial charge is 0.481 e. The first kappa shape index (κ1) is 52.1. The second-order valence-corrected chi connectivity index (χ2v) is 17.9. The fourth-order valence-corrected chi connectivity index (χ4v) is 9.77. The molecule has 7 rings (SSSR count). The van der Waals surface area contributed by atoms with Crippen molar-refractivity contribution in [2.45, 2.75) is 64.2 Å². The number of rotatable bonds is 21. The lowest BCUT2D eigenvalue weighted by Gasteiger charge is -2.45. The molecule has 0 atom stereocenters. The van der Waals surface area contributed by atoms with E-state index >= 15 is 0 Å². The number of carbonyl (C=O) groups is 4. The van der Waals surface area contributed by atoms with Gasteiger partial charge >= 0.3 is 23.9 Å². The molecule has 2 N–H and O–H groups in total. The van der Waals surface area contributed by atoms with Crippen molar-refractivity contribution in [2.75, 3.05) is 36.0 Å². The molecule has 12 nitrogen and oxygen atoms in total. The molecule has 1 aliphatic carbocycles. The van der Waals surface area contributed by atoms with E-state index in [1.54, 1.807) is 48.5 Å². The van der Waals surface area contributed by atoms with Crippen LogP contribution in [0.3, 0.4) is 0 Å². The Morgan fingerprint density at radius 1 is 0.548 bits per heavy atom. The van der Waals surface area contributed by atoms with E-state index in [1.165, 1.54) is 12.2 Å². The summed E-state index contributed by atoms with van der Waals surface area (Å²) in [6, 6.07) is 52.1. The van der Waals surface area contributed by atoms with Crippen LogP contribution in [0.2, 0.25) is 0 Å². The summed E-state index contributed by atoms with van der Waals surface area (Å²) < 4.78 is 11.7. The summed E-state index contributed by atoms with van der Waals surface area (Å²) in [6.07, 6.45) is 8.03. The molecule has 0 saturated heterocycles. The predicted octanol–water partition coefficient (Wildman–Crippen LogP) is 11.9. The molecular formula is C61H58N4O8. The van der Waals surface area contributed by atoms with Crippen molar-refractivity contribution in [3.8, 4) is 34.8 Å². The summed E-state index contributed by atoms with van der Waals surface area (Å²) in [5.74, 6) is -2.71. The highest BCUT2D eigenvalue weighted by Crippen LogP contribution is 2.51. The molecule has 0 radical (unpaired) electrons. The highest BCUT2D eigenvalue weighted by Gasteiger charge is 2.44. The third kappa shape index (κ3) is 13.0. The number of aliphatic carboxylic acids is 2. The number of hydrogen-bond acceptors (Lipinski definition) is 10. The molecule has 1 fully saturated rings. The molecule has 1 aliphatic rings. The smallest absolute Gasteiger partial charge is 0.354 e. The van der Waals surface area contributed by atoms with Gasteiger partial charge in [-0.25, -0.2) is 9.59 Å². The van der Waals surface area contributed by atoms with E-state index in [9.17, 15) is 29.7 Å². The second-order valence-electron chi connectivity index (χ2n) is 17.9. The maximum Gasteiger partial charge on any atom is 0.354 e. The average Bonchev–Trinajstić information content (AvgIpc) is 3.42. The number of hydrogen-bond donors (Lipinski definition) is 2. The van der Waals surface area contributed by atoms with Gasteiger partial charge in [0, 0.05) is 43.0 Å². The second kappa shape index (κ2) is 24.9. The molecule has 0 bridgehead atoms. The first-order valence-corrected chi connectivity index (χ1v) is 24.6. The van der Waals surface area contributed by atoms with Crippen LogP contribution in [0.15, 0.2) is 163 Å².